The van der Waals surface area contributed by atoms with Crippen LogP contribution in [-0.4, -0.2) is 56.0 Å². The Kier molecular flexibility index (Phi) is 8.77. The molecule has 0 saturated carbocycles. The van der Waals surface area contributed by atoms with E-state index in [4.69, 9.17) is 14.2 Å². The van der Waals surface area contributed by atoms with Gasteiger partial charge in [-0.3, -0.25) is 9.59 Å². The van der Waals surface area contributed by atoms with Crippen LogP contribution in [0.4, 0.5) is 0 Å². The van der Waals surface area contributed by atoms with E-state index in [1.165, 1.54) is 14.2 Å². The Morgan fingerprint density at radius 1 is 1.09 bits per heavy atom. The Hall–Kier alpha value is -3.07. The SMILES string of the molecule is CCSCCOC(=O)C1=C(C)NC2=C(C(=O)C(C(=O)OC)C(C)C2)C1c1ccc(C(=O)OC)cc1. The van der Waals surface area contributed by atoms with Crippen LogP contribution >= 0.6 is 11.8 Å². The first kappa shape index (κ1) is 26.5. The van der Waals surface area contributed by atoms with Crippen molar-refractivity contribution in [2.75, 3.05) is 32.3 Å². The molecular weight excluding hydrogens is 470 g/mol. The van der Waals surface area contributed by atoms with Crippen molar-refractivity contribution in [3.63, 3.8) is 0 Å². The Morgan fingerprint density at radius 3 is 2.37 bits per heavy atom. The van der Waals surface area contributed by atoms with Gasteiger partial charge in [0.05, 0.1) is 25.4 Å². The monoisotopic (exact) mass is 501 g/mol. The predicted octanol–water partition coefficient (Wildman–Crippen LogP) is 3.38. The van der Waals surface area contributed by atoms with Gasteiger partial charge in [0.2, 0.25) is 0 Å². The minimum atomic E-state index is -0.964. The van der Waals surface area contributed by atoms with E-state index in [0.717, 1.165) is 5.75 Å². The molecule has 0 radical (unpaired) electrons. The van der Waals surface area contributed by atoms with Gasteiger partial charge in [-0.05, 0) is 42.7 Å². The highest BCUT2D eigenvalue weighted by molar-refractivity contribution is 7.99. The molecule has 3 unspecified atom stereocenters. The molecule has 9 heteroatoms. The zero-order valence-corrected chi connectivity index (χ0v) is 21.5. The average molecular weight is 502 g/mol. The van der Waals surface area contributed by atoms with E-state index in [2.05, 4.69) is 5.32 Å². The van der Waals surface area contributed by atoms with Gasteiger partial charge in [-0.1, -0.05) is 26.0 Å². The number of rotatable bonds is 8. The van der Waals surface area contributed by atoms with Crippen molar-refractivity contribution in [1.29, 1.82) is 0 Å². The van der Waals surface area contributed by atoms with Crippen molar-refractivity contribution in [2.45, 2.75) is 33.1 Å². The Balaban J connectivity index is 2.08. The highest BCUT2D eigenvalue weighted by atomic mass is 32.2. The maximum absolute atomic E-state index is 13.7. The molecule has 3 atom stereocenters. The smallest absolute Gasteiger partial charge is 0.337 e. The number of methoxy groups -OCH3 is 2. The maximum Gasteiger partial charge on any atom is 0.337 e. The van der Waals surface area contributed by atoms with Crippen LogP contribution in [0, 0.1) is 11.8 Å². The summed E-state index contributed by atoms with van der Waals surface area (Å²) in [5.74, 6) is -2.40. The van der Waals surface area contributed by atoms with Crippen LogP contribution in [-0.2, 0) is 28.6 Å². The third kappa shape index (κ3) is 5.45. The molecule has 1 aliphatic heterocycles. The second-order valence-electron chi connectivity index (χ2n) is 8.48. The first-order valence-corrected chi connectivity index (χ1v) is 12.7. The van der Waals surface area contributed by atoms with Crippen LogP contribution in [0.1, 0.15) is 49.0 Å². The van der Waals surface area contributed by atoms with Crippen molar-refractivity contribution >= 4 is 35.5 Å². The van der Waals surface area contributed by atoms with Crippen molar-refractivity contribution in [3.8, 4) is 0 Å². The number of carbonyl (C=O) groups is 4. The van der Waals surface area contributed by atoms with Crippen LogP contribution in [0.5, 0.6) is 0 Å². The molecule has 0 spiro atoms. The lowest BCUT2D eigenvalue weighted by molar-refractivity contribution is -0.151. The molecule has 0 amide bonds. The number of allylic oxidation sites excluding steroid dienone is 3. The predicted molar refractivity (Wildman–Crippen MR) is 132 cm³/mol. The van der Waals surface area contributed by atoms with Crippen LogP contribution in [0.15, 0.2) is 46.8 Å². The summed E-state index contributed by atoms with van der Waals surface area (Å²) in [5.41, 5.74) is 2.91. The number of ether oxygens (including phenoxy) is 3. The fourth-order valence-electron chi connectivity index (χ4n) is 4.63. The van der Waals surface area contributed by atoms with E-state index in [-0.39, 0.29) is 18.3 Å². The number of dihydropyridines is 1. The molecule has 3 rings (SSSR count). The molecule has 2 aliphatic rings. The second kappa shape index (κ2) is 11.6. The number of nitrogens with one attached hydrogen (secondary N) is 1. The number of hydrogen-bond donors (Lipinski definition) is 1. The van der Waals surface area contributed by atoms with Crippen LogP contribution in [0.25, 0.3) is 0 Å². The van der Waals surface area contributed by atoms with E-state index in [9.17, 15) is 19.2 Å². The van der Waals surface area contributed by atoms with E-state index in [0.29, 0.717) is 45.8 Å². The number of Topliss-reactive ketones (excluding diaryl/α,β-unsaturated/α-hetero) is 1. The minimum absolute atomic E-state index is 0.240. The summed E-state index contributed by atoms with van der Waals surface area (Å²) >= 11 is 1.66. The summed E-state index contributed by atoms with van der Waals surface area (Å²) in [4.78, 5) is 51.4. The zero-order chi connectivity index (χ0) is 25.7. The lowest BCUT2D eigenvalue weighted by atomic mass is 9.69. The Bertz CT molecular complexity index is 1070. The van der Waals surface area contributed by atoms with Crippen LogP contribution < -0.4 is 5.32 Å². The van der Waals surface area contributed by atoms with Crippen molar-refractivity contribution in [3.05, 3.63) is 57.9 Å². The number of ketones is 1. The number of carbonyl (C=O) groups excluding carboxylic acids is 4. The topological polar surface area (TPSA) is 108 Å². The average Bonchev–Trinajstić information content (AvgIpc) is 2.85. The number of benzene rings is 1. The summed E-state index contributed by atoms with van der Waals surface area (Å²) in [5, 5.41) is 3.23. The normalized spacial score (nSPS) is 21.7. The van der Waals surface area contributed by atoms with Gasteiger partial charge in [0.25, 0.3) is 0 Å². The van der Waals surface area contributed by atoms with E-state index >= 15 is 0 Å². The van der Waals surface area contributed by atoms with E-state index < -0.39 is 29.7 Å². The summed E-state index contributed by atoms with van der Waals surface area (Å²) in [6.07, 6.45) is 0.449. The van der Waals surface area contributed by atoms with Gasteiger partial charge in [-0.2, -0.15) is 11.8 Å². The molecule has 1 N–H and O–H groups in total. The number of thioether (sulfide) groups is 1. The summed E-state index contributed by atoms with van der Waals surface area (Å²) in [6, 6.07) is 6.57. The van der Waals surface area contributed by atoms with Gasteiger partial charge >= 0.3 is 17.9 Å². The fourth-order valence-corrected chi connectivity index (χ4v) is 5.12. The molecule has 35 heavy (non-hydrogen) atoms. The molecule has 0 aromatic heterocycles. The molecule has 8 nitrogen and oxygen atoms in total. The Morgan fingerprint density at radius 2 is 1.77 bits per heavy atom. The van der Waals surface area contributed by atoms with Crippen molar-refractivity contribution in [1.82, 2.24) is 5.32 Å². The molecule has 1 aromatic rings. The zero-order valence-electron chi connectivity index (χ0n) is 20.6. The van der Waals surface area contributed by atoms with Crippen LogP contribution in [0.2, 0.25) is 0 Å². The van der Waals surface area contributed by atoms with Gasteiger partial charge < -0.3 is 19.5 Å². The maximum atomic E-state index is 13.7. The lowest BCUT2D eigenvalue weighted by Gasteiger charge is -2.38. The second-order valence-corrected chi connectivity index (χ2v) is 9.88. The van der Waals surface area contributed by atoms with Crippen molar-refractivity contribution < 1.29 is 33.4 Å². The quantitative estimate of drug-likeness (QED) is 0.248. The molecule has 0 bridgehead atoms. The van der Waals surface area contributed by atoms with Gasteiger partial charge in [0.15, 0.2) is 5.78 Å². The van der Waals surface area contributed by atoms with Gasteiger partial charge in [0.1, 0.15) is 12.5 Å². The molecule has 0 fully saturated rings. The standard InChI is InChI=1S/C26H31NO7S/c1-6-35-12-11-34-26(31)20-15(3)27-18-13-14(2)19(25(30)33-5)23(28)22(18)21(20)16-7-9-17(10-8-16)24(29)32-4/h7-10,14,19,21,27H,6,11-13H2,1-5H3. The third-order valence-electron chi connectivity index (χ3n) is 6.29. The molecule has 0 saturated heterocycles. The van der Waals surface area contributed by atoms with Gasteiger partial charge in [0, 0.05) is 28.6 Å². The van der Waals surface area contributed by atoms with Gasteiger partial charge in [-0.25, -0.2) is 9.59 Å². The molecular formula is C26H31NO7S. The van der Waals surface area contributed by atoms with E-state index in [1.807, 2.05) is 13.8 Å². The first-order valence-electron chi connectivity index (χ1n) is 11.5. The number of hydrogen-bond acceptors (Lipinski definition) is 9. The Labute approximate surface area is 209 Å². The molecule has 1 aliphatic carbocycles. The van der Waals surface area contributed by atoms with Crippen molar-refractivity contribution in [2.24, 2.45) is 11.8 Å². The minimum Gasteiger partial charge on any atom is -0.468 e. The lowest BCUT2D eigenvalue weighted by Crippen LogP contribution is -2.43. The highest BCUT2D eigenvalue weighted by Crippen LogP contribution is 2.45. The van der Waals surface area contributed by atoms with Gasteiger partial charge in [-0.15, -0.1) is 0 Å². The summed E-state index contributed by atoms with van der Waals surface area (Å²) in [6.45, 7) is 5.88. The first-order chi connectivity index (χ1) is 16.7. The summed E-state index contributed by atoms with van der Waals surface area (Å²) < 4.78 is 15.3. The fraction of sp³-hybridized carbons (Fsp3) is 0.462. The third-order valence-corrected chi connectivity index (χ3v) is 7.16. The molecule has 188 valence electrons. The summed E-state index contributed by atoms with van der Waals surface area (Å²) in [7, 11) is 2.56. The molecule has 1 aromatic carbocycles. The highest BCUT2D eigenvalue weighted by Gasteiger charge is 2.47. The largest absolute Gasteiger partial charge is 0.468 e. The number of esters is 3. The van der Waals surface area contributed by atoms with E-state index in [1.54, 1.807) is 43.0 Å². The molecule has 1 heterocycles. The van der Waals surface area contributed by atoms with Crippen LogP contribution in [0.3, 0.4) is 0 Å².